The van der Waals surface area contributed by atoms with Crippen molar-refractivity contribution >= 4 is 5.91 Å². The summed E-state index contributed by atoms with van der Waals surface area (Å²) in [4.78, 5) is 16.8. The molecule has 2 atom stereocenters. The summed E-state index contributed by atoms with van der Waals surface area (Å²) < 4.78 is 11.4. The second-order valence-electron chi connectivity index (χ2n) is 7.30. The van der Waals surface area contributed by atoms with Crippen molar-refractivity contribution in [2.45, 2.75) is 51.5 Å². The third kappa shape index (κ3) is 5.27. The van der Waals surface area contributed by atoms with E-state index in [9.17, 15) is 4.79 Å². The number of carbonyl (C=O) groups is 1. The third-order valence-corrected chi connectivity index (χ3v) is 5.12. The van der Waals surface area contributed by atoms with Crippen LogP contribution in [0.4, 0.5) is 0 Å². The topological polar surface area (TPSA) is 42.0 Å². The molecule has 0 aliphatic carbocycles. The normalized spacial score (nSPS) is 25.9. The molecule has 3 rings (SSSR count). The Balaban J connectivity index is 1.39. The van der Waals surface area contributed by atoms with Crippen LogP contribution in [0.1, 0.15) is 32.3 Å². The molecule has 5 heteroatoms. The molecule has 1 amide bonds. The highest BCUT2D eigenvalue weighted by atomic mass is 16.5. The maximum absolute atomic E-state index is 12.3. The molecule has 1 aromatic rings. The predicted octanol–water partition coefficient (Wildman–Crippen LogP) is 2.30. The Bertz CT molecular complexity index is 533. The van der Waals surface area contributed by atoms with Gasteiger partial charge in [0.2, 0.25) is 5.91 Å². The van der Waals surface area contributed by atoms with Crippen molar-refractivity contribution in [1.29, 1.82) is 0 Å². The monoisotopic (exact) mass is 346 g/mol. The lowest BCUT2D eigenvalue weighted by atomic mass is 10.0. The summed E-state index contributed by atoms with van der Waals surface area (Å²) in [6.45, 7) is 8.62. The van der Waals surface area contributed by atoms with Crippen LogP contribution in [0, 0.1) is 0 Å². The molecule has 0 spiro atoms. The van der Waals surface area contributed by atoms with Crippen molar-refractivity contribution in [2.24, 2.45) is 0 Å². The number of nitrogens with zero attached hydrogens (tertiary/aromatic N) is 2. The van der Waals surface area contributed by atoms with E-state index in [4.69, 9.17) is 9.47 Å². The SMILES string of the molecule is C[C@@H]1CN(C2CCN(C(=O)COCc3ccccc3)CC2)C[C@H](C)O1. The largest absolute Gasteiger partial charge is 0.373 e. The van der Waals surface area contributed by atoms with Gasteiger partial charge in [-0.3, -0.25) is 9.69 Å². The lowest BCUT2D eigenvalue weighted by molar-refractivity contribution is -0.139. The van der Waals surface area contributed by atoms with Crippen molar-refractivity contribution in [1.82, 2.24) is 9.80 Å². The van der Waals surface area contributed by atoms with Crippen LogP contribution in [-0.2, 0) is 20.9 Å². The fraction of sp³-hybridized carbons (Fsp3) is 0.650. The van der Waals surface area contributed by atoms with Gasteiger partial charge in [0, 0.05) is 32.2 Å². The minimum absolute atomic E-state index is 0.109. The average molecular weight is 346 g/mol. The number of benzene rings is 1. The lowest BCUT2D eigenvalue weighted by Crippen LogP contribution is -2.54. The molecule has 0 unspecified atom stereocenters. The molecule has 0 N–H and O–H groups in total. The second kappa shape index (κ2) is 8.79. The van der Waals surface area contributed by atoms with Crippen LogP contribution in [0.2, 0.25) is 0 Å². The predicted molar refractivity (Wildman–Crippen MR) is 97.3 cm³/mol. The highest BCUT2D eigenvalue weighted by molar-refractivity contribution is 5.77. The minimum Gasteiger partial charge on any atom is -0.373 e. The molecule has 1 aromatic carbocycles. The first-order chi connectivity index (χ1) is 12.1. The van der Waals surface area contributed by atoms with Crippen molar-refractivity contribution in [2.75, 3.05) is 32.8 Å². The van der Waals surface area contributed by atoms with Crippen LogP contribution in [-0.4, -0.2) is 66.7 Å². The van der Waals surface area contributed by atoms with Crippen LogP contribution in [0.25, 0.3) is 0 Å². The van der Waals surface area contributed by atoms with E-state index in [1.807, 2.05) is 35.2 Å². The molecule has 138 valence electrons. The molecule has 2 heterocycles. The molecule has 0 radical (unpaired) electrons. The quantitative estimate of drug-likeness (QED) is 0.820. The van der Waals surface area contributed by atoms with E-state index in [-0.39, 0.29) is 12.5 Å². The van der Waals surface area contributed by atoms with Crippen LogP contribution in [0.3, 0.4) is 0 Å². The van der Waals surface area contributed by atoms with Crippen LogP contribution >= 0.6 is 0 Å². The zero-order valence-electron chi connectivity index (χ0n) is 15.4. The van der Waals surface area contributed by atoms with E-state index in [0.717, 1.165) is 44.6 Å². The number of piperidine rings is 1. The molecular formula is C20H30N2O3. The number of carbonyl (C=O) groups excluding carboxylic acids is 1. The summed E-state index contributed by atoms with van der Waals surface area (Å²) in [5, 5.41) is 0. The number of ether oxygens (including phenoxy) is 2. The molecule has 25 heavy (non-hydrogen) atoms. The van der Waals surface area contributed by atoms with Crippen molar-refractivity contribution in [3.05, 3.63) is 35.9 Å². The van der Waals surface area contributed by atoms with Crippen molar-refractivity contribution < 1.29 is 14.3 Å². The standard InChI is InChI=1S/C20H30N2O3/c1-16-12-22(13-17(2)25-16)19-8-10-21(11-9-19)20(23)15-24-14-18-6-4-3-5-7-18/h3-7,16-17,19H,8-15H2,1-2H3/t16-,17+. The second-order valence-corrected chi connectivity index (χ2v) is 7.30. The van der Waals surface area contributed by atoms with E-state index in [0.29, 0.717) is 24.9 Å². The smallest absolute Gasteiger partial charge is 0.248 e. The molecular weight excluding hydrogens is 316 g/mol. The fourth-order valence-electron chi connectivity index (χ4n) is 3.92. The van der Waals surface area contributed by atoms with E-state index in [1.54, 1.807) is 0 Å². The Labute approximate surface area is 150 Å². The Morgan fingerprint density at radius 2 is 1.76 bits per heavy atom. The Morgan fingerprint density at radius 1 is 1.12 bits per heavy atom. The molecule has 5 nitrogen and oxygen atoms in total. The number of amides is 1. The summed E-state index contributed by atoms with van der Waals surface area (Å²) >= 11 is 0. The van der Waals surface area contributed by atoms with E-state index in [2.05, 4.69) is 18.7 Å². The molecule has 2 aliphatic heterocycles. The first-order valence-corrected chi connectivity index (χ1v) is 9.41. The van der Waals surface area contributed by atoms with Crippen molar-refractivity contribution in [3.63, 3.8) is 0 Å². The van der Waals surface area contributed by atoms with Crippen LogP contribution in [0.5, 0.6) is 0 Å². The Hall–Kier alpha value is -1.43. The zero-order valence-corrected chi connectivity index (χ0v) is 15.4. The van der Waals surface area contributed by atoms with E-state index < -0.39 is 0 Å². The minimum atomic E-state index is 0.109. The molecule has 0 aromatic heterocycles. The summed E-state index contributed by atoms with van der Waals surface area (Å²) in [6.07, 6.45) is 2.69. The van der Waals surface area contributed by atoms with Gasteiger partial charge < -0.3 is 14.4 Å². The average Bonchev–Trinajstić information content (AvgIpc) is 2.62. The van der Waals surface area contributed by atoms with Gasteiger partial charge in [0.05, 0.1) is 18.8 Å². The van der Waals surface area contributed by atoms with Crippen LogP contribution < -0.4 is 0 Å². The first kappa shape index (κ1) is 18.4. The third-order valence-electron chi connectivity index (χ3n) is 5.12. The zero-order chi connectivity index (χ0) is 17.6. The molecule has 2 saturated heterocycles. The van der Waals surface area contributed by atoms with E-state index >= 15 is 0 Å². The number of rotatable bonds is 5. The van der Waals surface area contributed by atoms with Gasteiger partial charge in [0.15, 0.2) is 0 Å². The van der Waals surface area contributed by atoms with Gasteiger partial charge in [0.1, 0.15) is 6.61 Å². The summed E-state index contributed by atoms with van der Waals surface area (Å²) in [5.74, 6) is 0.109. The van der Waals surface area contributed by atoms with Gasteiger partial charge in [0.25, 0.3) is 0 Å². The summed E-state index contributed by atoms with van der Waals surface area (Å²) in [5.41, 5.74) is 1.10. The number of hydrogen-bond donors (Lipinski definition) is 0. The first-order valence-electron chi connectivity index (χ1n) is 9.41. The Kier molecular flexibility index (Phi) is 6.45. The maximum Gasteiger partial charge on any atom is 0.248 e. The highest BCUT2D eigenvalue weighted by Crippen LogP contribution is 2.21. The fourth-order valence-corrected chi connectivity index (χ4v) is 3.92. The summed E-state index contributed by atoms with van der Waals surface area (Å²) in [6, 6.07) is 10.6. The van der Waals surface area contributed by atoms with Gasteiger partial charge in [-0.1, -0.05) is 30.3 Å². The van der Waals surface area contributed by atoms with Crippen LogP contribution in [0.15, 0.2) is 30.3 Å². The van der Waals surface area contributed by atoms with Gasteiger partial charge in [-0.05, 0) is 32.3 Å². The number of morpholine rings is 1. The van der Waals surface area contributed by atoms with Gasteiger partial charge in [-0.2, -0.15) is 0 Å². The van der Waals surface area contributed by atoms with Gasteiger partial charge in [-0.15, -0.1) is 0 Å². The lowest BCUT2D eigenvalue weighted by Gasteiger charge is -2.43. The molecule has 2 aliphatic rings. The highest BCUT2D eigenvalue weighted by Gasteiger charge is 2.31. The number of likely N-dealkylation sites (tertiary alicyclic amines) is 1. The molecule has 0 saturated carbocycles. The van der Waals surface area contributed by atoms with Gasteiger partial charge >= 0.3 is 0 Å². The van der Waals surface area contributed by atoms with Crippen molar-refractivity contribution in [3.8, 4) is 0 Å². The molecule has 2 fully saturated rings. The Morgan fingerprint density at radius 3 is 2.40 bits per heavy atom. The maximum atomic E-state index is 12.3. The summed E-state index contributed by atoms with van der Waals surface area (Å²) in [7, 11) is 0. The molecule has 0 bridgehead atoms. The number of hydrogen-bond acceptors (Lipinski definition) is 4. The van der Waals surface area contributed by atoms with E-state index in [1.165, 1.54) is 0 Å². The van der Waals surface area contributed by atoms with Gasteiger partial charge in [-0.25, -0.2) is 0 Å².